The van der Waals surface area contributed by atoms with Crippen LogP contribution in [0.25, 0.3) is 0 Å². The lowest BCUT2D eigenvalue weighted by molar-refractivity contribution is -0.183. The van der Waals surface area contributed by atoms with Gasteiger partial charge in [-0.25, -0.2) is 0 Å². The van der Waals surface area contributed by atoms with Crippen molar-refractivity contribution in [1.29, 1.82) is 0 Å². The summed E-state index contributed by atoms with van der Waals surface area (Å²) >= 11 is 15.6. The fraction of sp³-hybridized carbons (Fsp3) is 1.00. The molecule has 5 aliphatic carbocycles. The molecule has 0 radical (unpaired) electrons. The van der Waals surface area contributed by atoms with E-state index in [0.717, 1.165) is 36.9 Å². The minimum Gasteiger partial charge on any atom is -0.345 e. The van der Waals surface area contributed by atoms with Crippen LogP contribution in [0.1, 0.15) is 25.7 Å². The van der Waals surface area contributed by atoms with Gasteiger partial charge in [0.05, 0.1) is 22.9 Å². The molecule has 6 rings (SSSR count). The lowest BCUT2D eigenvalue weighted by Crippen LogP contribution is -2.58. The van der Waals surface area contributed by atoms with E-state index in [2.05, 4.69) is 63.7 Å². The van der Waals surface area contributed by atoms with Crippen LogP contribution in [0, 0.1) is 23.7 Å². The number of fused-ring (bicyclic) bond motifs is 5. The summed E-state index contributed by atoms with van der Waals surface area (Å²) in [6.07, 6.45) is 4.95. The summed E-state index contributed by atoms with van der Waals surface area (Å²) in [7, 11) is 0. The molecule has 5 saturated carbocycles. The second kappa shape index (κ2) is 5.98. The first-order chi connectivity index (χ1) is 10.0. The maximum Gasteiger partial charge on any atom is 0.193 e. The first-order valence-electron chi connectivity index (χ1n) is 7.87. The highest BCUT2D eigenvalue weighted by Crippen LogP contribution is 2.62. The lowest BCUT2D eigenvalue weighted by Gasteiger charge is -2.57. The average Bonchev–Trinajstić information content (AvgIpc) is 2.89. The molecule has 120 valence electrons. The van der Waals surface area contributed by atoms with Crippen molar-refractivity contribution in [3.8, 4) is 0 Å². The number of rotatable bonds is 0. The average molecular weight is 552 g/mol. The Bertz CT molecular complexity index is 374. The van der Waals surface area contributed by atoms with Gasteiger partial charge in [-0.2, -0.15) is 0 Å². The van der Waals surface area contributed by atoms with Crippen LogP contribution in [-0.4, -0.2) is 38.3 Å². The molecule has 6 heteroatoms. The number of ether oxygens (including phenoxy) is 2. The van der Waals surface area contributed by atoms with Crippen LogP contribution in [-0.2, 0) is 9.47 Å². The third-order valence-corrected chi connectivity index (χ3v) is 10.9. The molecule has 6 atom stereocenters. The minimum absolute atomic E-state index is 0.286. The quantitative estimate of drug-likeness (QED) is 0.401. The Morgan fingerprint density at radius 1 is 0.619 bits per heavy atom. The zero-order chi connectivity index (χ0) is 14.8. The molecule has 0 N–H and O–H groups in total. The molecule has 2 unspecified atom stereocenters. The Balaban J connectivity index is 1.61. The van der Waals surface area contributed by atoms with Gasteiger partial charge in [0.25, 0.3) is 0 Å². The lowest BCUT2D eigenvalue weighted by atomic mass is 9.52. The smallest absolute Gasteiger partial charge is 0.193 e. The van der Waals surface area contributed by atoms with Crippen LogP contribution in [0.2, 0.25) is 0 Å². The Morgan fingerprint density at radius 3 is 1.43 bits per heavy atom. The van der Waals surface area contributed by atoms with Gasteiger partial charge in [-0.15, -0.1) is 0 Å². The van der Waals surface area contributed by atoms with E-state index in [1.807, 2.05) is 0 Å². The third-order valence-electron chi connectivity index (χ3n) is 6.16. The van der Waals surface area contributed by atoms with Crippen molar-refractivity contribution < 1.29 is 9.47 Å². The summed E-state index contributed by atoms with van der Waals surface area (Å²) in [6.45, 7) is 1.44. The van der Waals surface area contributed by atoms with Gasteiger partial charge in [0, 0.05) is 9.65 Å². The highest BCUT2D eigenvalue weighted by molar-refractivity contribution is 9.12. The molecule has 1 aliphatic heterocycles. The molecule has 6 aliphatic rings. The van der Waals surface area contributed by atoms with Crippen LogP contribution in [0.3, 0.4) is 0 Å². The molecule has 1 saturated heterocycles. The third kappa shape index (κ3) is 2.48. The van der Waals surface area contributed by atoms with Crippen LogP contribution >= 0.6 is 63.7 Å². The van der Waals surface area contributed by atoms with Gasteiger partial charge in [0.1, 0.15) is 0 Å². The SMILES string of the molecule is Br[C@@H]1CC2C3C[C@H](Br)C4(OCCO4)[C@@H](Br)CC2C3C[C@@H]1Br. The van der Waals surface area contributed by atoms with Crippen molar-refractivity contribution in [2.75, 3.05) is 13.2 Å². The van der Waals surface area contributed by atoms with E-state index < -0.39 is 5.79 Å². The van der Waals surface area contributed by atoms with Gasteiger partial charge in [-0.1, -0.05) is 63.7 Å². The van der Waals surface area contributed by atoms with Gasteiger partial charge in [0.2, 0.25) is 0 Å². The van der Waals surface area contributed by atoms with Gasteiger partial charge >= 0.3 is 0 Å². The van der Waals surface area contributed by atoms with E-state index in [4.69, 9.17) is 9.47 Å². The van der Waals surface area contributed by atoms with Gasteiger partial charge in [-0.05, 0) is 49.4 Å². The summed E-state index contributed by atoms with van der Waals surface area (Å²) < 4.78 is 12.1. The highest BCUT2D eigenvalue weighted by atomic mass is 79.9. The van der Waals surface area contributed by atoms with Crippen molar-refractivity contribution in [3.63, 3.8) is 0 Å². The Labute approximate surface area is 160 Å². The predicted octanol–water partition coefficient (Wildman–Crippen LogP) is 4.85. The molecule has 0 amide bonds. The Morgan fingerprint density at radius 2 is 1.00 bits per heavy atom. The van der Waals surface area contributed by atoms with E-state index in [-0.39, 0.29) is 9.65 Å². The van der Waals surface area contributed by atoms with E-state index >= 15 is 0 Å². The topological polar surface area (TPSA) is 18.5 Å². The van der Waals surface area contributed by atoms with Crippen molar-refractivity contribution in [2.45, 2.75) is 50.8 Å². The van der Waals surface area contributed by atoms with Crippen molar-refractivity contribution >= 4 is 63.7 Å². The zero-order valence-corrected chi connectivity index (χ0v) is 18.0. The first kappa shape index (κ1) is 16.3. The van der Waals surface area contributed by atoms with Crippen LogP contribution in [0.15, 0.2) is 0 Å². The predicted molar refractivity (Wildman–Crippen MR) is 97.9 cm³/mol. The molecule has 1 heterocycles. The van der Waals surface area contributed by atoms with Crippen LogP contribution < -0.4 is 0 Å². The molecule has 2 nitrogen and oxygen atoms in total. The second-order valence-corrected chi connectivity index (χ2v) is 11.5. The molecule has 0 aromatic heterocycles. The molecule has 4 bridgehead atoms. The van der Waals surface area contributed by atoms with Crippen molar-refractivity contribution in [1.82, 2.24) is 0 Å². The Kier molecular flexibility index (Phi) is 4.64. The number of hydrogen-bond acceptors (Lipinski definition) is 2. The monoisotopic (exact) mass is 548 g/mol. The molecular weight excluding hydrogens is 532 g/mol. The maximum atomic E-state index is 6.07. The molecule has 1 spiro atoms. The van der Waals surface area contributed by atoms with Gasteiger partial charge in [0.15, 0.2) is 5.79 Å². The number of halogens is 4. The van der Waals surface area contributed by atoms with Gasteiger partial charge < -0.3 is 9.47 Å². The van der Waals surface area contributed by atoms with E-state index in [9.17, 15) is 0 Å². The minimum atomic E-state index is -0.442. The molecule has 0 aromatic carbocycles. The fourth-order valence-electron chi connectivity index (χ4n) is 5.15. The zero-order valence-electron chi connectivity index (χ0n) is 11.7. The van der Waals surface area contributed by atoms with Crippen LogP contribution in [0.4, 0.5) is 0 Å². The normalized spacial score (nSPS) is 55.4. The summed E-state index contributed by atoms with van der Waals surface area (Å²) in [6, 6.07) is 0. The van der Waals surface area contributed by atoms with Crippen LogP contribution in [0.5, 0.6) is 0 Å². The second-order valence-electron chi connectivity index (χ2n) is 6.98. The summed E-state index contributed by atoms with van der Waals surface area (Å²) in [5.74, 6) is 2.93. The summed E-state index contributed by atoms with van der Waals surface area (Å²) in [4.78, 5) is 1.81. The molecular formula is C15H20Br4O2. The standard InChI is InChI=1S/C15H20Br4O2/c16-11-3-7-9-5-13(18)15(20-1-2-21-15)14(19)6-10(7)8(9)4-12(11)17/h7-14H,1-6H2/t7?,8?,9?,10?,11-,12+,13-,14-/m0/s1. The maximum absolute atomic E-state index is 6.07. The first-order valence-corrected chi connectivity index (χ1v) is 11.5. The molecule has 21 heavy (non-hydrogen) atoms. The largest absolute Gasteiger partial charge is 0.345 e. The van der Waals surface area contributed by atoms with Gasteiger partial charge in [-0.3, -0.25) is 0 Å². The summed E-state index contributed by atoms with van der Waals surface area (Å²) in [5.41, 5.74) is 0. The van der Waals surface area contributed by atoms with E-state index in [1.54, 1.807) is 0 Å². The van der Waals surface area contributed by atoms with E-state index in [1.165, 1.54) is 25.7 Å². The number of hydrogen-bond donors (Lipinski definition) is 0. The van der Waals surface area contributed by atoms with Crippen molar-refractivity contribution in [3.05, 3.63) is 0 Å². The van der Waals surface area contributed by atoms with E-state index in [0.29, 0.717) is 9.65 Å². The number of alkyl halides is 4. The molecule has 0 aromatic rings. The molecule has 6 fully saturated rings. The Hall–Kier alpha value is 1.84. The van der Waals surface area contributed by atoms with Crippen molar-refractivity contribution in [2.24, 2.45) is 23.7 Å². The summed E-state index contributed by atoms with van der Waals surface area (Å²) in [5, 5.41) is 0. The fourth-order valence-corrected chi connectivity index (χ4v) is 8.83. The highest BCUT2D eigenvalue weighted by Gasteiger charge is 2.61.